The van der Waals surface area contributed by atoms with Gasteiger partial charge in [0.05, 0.1) is 17.0 Å². The molecule has 0 radical (unpaired) electrons. The maximum atomic E-state index is 12.5. The van der Waals surface area contributed by atoms with Gasteiger partial charge >= 0.3 is 0 Å². The number of aryl methyl sites for hydroxylation is 1. The highest BCUT2D eigenvalue weighted by Gasteiger charge is 2.13. The van der Waals surface area contributed by atoms with E-state index in [0.717, 1.165) is 6.26 Å². The van der Waals surface area contributed by atoms with Crippen LogP contribution in [-0.4, -0.2) is 25.6 Å². The van der Waals surface area contributed by atoms with E-state index in [0.29, 0.717) is 29.1 Å². The monoisotopic (exact) mass is 393 g/mol. The van der Waals surface area contributed by atoms with Gasteiger partial charge in [0, 0.05) is 17.7 Å². The predicted molar refractivity (Wildman–Crippen MR) is 101 cm³/mol. The zero-order chi connectivity index (χ0) is 18.9. The molecule has 0 bridgehead atoms. The zero-order valence-corrected chi connectivity index (χ0v) is 15.6. The fourth-order valence-electron chi connectivity index (χ4n) is 2.35. The maximum absolute atomic E-state index is 12.5. The summed E-state index contributed by atoms with van der Waals surface area (Å²) in [4.78, 5) is 16.8. The molecule has 0 fully saturated rings. The number of nitrogens with one attached hydrogen (secondary N) is 2. The Morgan fingerprint density at radius 2 is 2.00 bits per heavy atom. The Morgan fingerprint density at radius 1 is 1.23 bits per heavy atom. The number of benzene rings is 2. The minimum absolute atomic E-state index is 0.140. The third-order valence-corrected chi connectivity index (χ3v) is 4.44. The van der Waals surface area contributed by atoms with Crippen molar-refractivity contribution in [3.05, 3.63) is 52.9 Å². The first-order chi connectivity index (χ1) is 12.2. The number of sulfonamides is 1. The van der Waals surface area contributed by atoms with E-state index < -0.39 is 15.9 Å². The molecule has 3 rings (SSSR count). The van der Waals surface area contributed by atoms with Crippen molar-refractivity contribution in [2.75, 3.05) is 16.3 Å². The van der Waals surface area contributed by atoms with Gasteiger partial charge in [-0.1, -0.05) is 18.5 Å². The average Bonchev–Trinajstić information content (AvgIpc) is 2.98. The first kappa shape index (κ1) is 18.2. The molecule has 0 saturated carbocycles. The van der Waals surface area contributed by atoms with Crippen molar-refractivity contribution in [3.8, 4) is 0 Å². The molecule has 0 atom stereocenters. The number of anilines is 2. The molecule has 0 aliphatic rings. The third kappa shape index (κ3) is 4.14. The number of nitrogens with zero attached hydrogens (tertiary/aromatic N) is 1. The Hall–Kier alpha value is -2.58. The summed E-state index contributed by atoms with van der Waals surface area (Å²) < 4.78 is 30.6. The summed E-state index contributed by atoms with van der Waals surface area (Å²) in [6.45, 7) is 1.94. The van der Waals surface area contributed by atoms with Crippen LogP contribution in [0.15, 0.2) is 40.8 Å². The molecule has 2 aromatic carbocycles. The van der Waals surface area contributed by atoms with Crippen molar-refractivity contribution < 1.29 is 17.6 Å². The van der Waals surface area contributed by atoms with Crippen LogP contribution in [0.4, 0.5) is 11.4 Å². The molecule has 9 heteroatoms. The van der Waals surface area contributed by atoms with E-state index in [1.165, 1.54) is 18.2 Å². The summed E-state index contributed by atoms with van der Waals surface area (Å²) in [6.07, 6.45) is 1.69. The van der Waals surface area contributed by atoms with Crippen molar-refractivity contribution in [3.63, 3.8) is 0 Å². The number of carbonyl (C=O) groups excluding carboxylic acids is 1. The first-order valence-corrected chi connectivity index (χ1v) is 10.0. The molecule has 7 nitrogen and oxygen atoms in total. The number of carbonyl (C=O) groups is 1. The summed E-state index contributed by atoms with van der Waals surface area (Å²) in [5.74, 6) is 0.217. The SMILES string of the molecule is CCc1nc2cc(NC(=O)c3ccc(Cl)c(NS(C)(=O)=O)c3)ccc2o1. The van der Waals surface area contributed by atoms with Crippen LogP contribution in [-0.2, 0) is 16.4 Å². The van der Waals surface area contributed by atoms with Gasteiger partial charge in [-0.2, -0.15) is 0 Å². The van der Waals surface area contributed by atoms with Gasteiger partial charge in [0.2, 0.25) is 10.0 Å². The van der Waals surface area contributed by atoms with Crippen LogP contribution >= 0.6 is 11.6 Å². The Morgan fingerprint density at radius 3 is 2.69 bits per heavy atom. The smallest absolute Gasteiger partial charge is 0.255 e. The molecule has 2 N–H and O–H groups in total. The van der Waals surface area contributed by atoms with E-state index >= 15 is 0 Å². The highest BCUT2D eigenvalue weighted by Crippen LogP contribution is 2.25. The molecule has 26 heavy (non-hydrogen) atoms. The number of hydrogen-bond acceptors (Lipinski definition) is 5. The van der Waals surface area contributed by atoms with Gasteiger partial charge < -0.3 is 9.73 Å². The number of aromatic nitrogens is 1. The van der Waals surface area contributed by atoms with E-state index in [1.54, 1.807) is 18.2 Å². The molecule has 0 saturated heterocycles. The molecule has 0 spiro atoms. The Labute approximate surface area is 155 Å². The van der Waals surface area contributed by atoms with Gasteiger partial charge in [-0.3, -0.25) is 9.52 Å². The lowest BCUT2D eigenvalue weighted by atomic mass is 10.2. The first-order valence-electron chi connectivity index (χ1n) is 7.73. The summed E-state index contributed by atoms with van der Waals surface area (Å²) in [5.41, 5.74) is 2.24. The minimum atomic E-state index is -3.51. The number of halogens is 1. The van der Waals surface area contributed by atoms with Crippen LogP contribution in [0.2, 0.25) is 5.02 Å². The molecule has 1 heterocycles. The highest BCUT2D eigenvalue weighted by molar-refractivity contribution is 7.92. The van der Waals surface area contributed by atoms with Crippen molar-refractivity contribution in [2.45, 2.75) is 13.3 Å². The highest BCUT2D eigenvalue weighted by atomic mass is 35.5. The van der Waals surface area contributed by atoms with Gasteiger partial charge in [0.15, 0.2) is 11.5 Å². The lowest BCUT2D eigenvalue weighted by molar-refractivity contribution is 0.102. The lowest BCUT2D eigenvalue weighted by Gasteiger charge is -2.09. The minimum Gasteiger partial charge on any atom is -0.441 e. The largest absolute Gasteiger partial charge is 0.441 e. The fraction of sp³-hybridized carbons (Fsp3) is 0.176. The Balaban J connectivity index is 1.84. The molecule has 1 aromatic heterocycles. The summed E-state index contributed by atoms with van der Waals surface area (Å²) >= 11 is 5.97. The van der Waals surface area contributed by atoms with Crippen LogP contribution in [0, 0.1) is 0 Å². The molecule has 1 amide bonds. The maximum Gasteiger partial charge on any atom is 0.255 e. The lowest BCUT2D eigenvalue weighted by Crippen LogP contribution is -2.14. The number of fused-ring (bicyclic) bond motifs is 1. The molecule has 136 valence electrons. The number of rotatable bonds is 5. The van der Waals surface area contributed by atoms with Gasteiger partial charge in [0.25, 0.3) is 5.91 Å². The Kier molecular flexibility index (Phi) is 4.88. The van der Waals surface area contributed by atoms with E-state index in [9.17, 15) is 13.2 Å². The quantitative estimate of drug-likeness (QED) is 0.688. The van der Waals surface area contributed by atoms with Crippen LogP contribution < -0.4 is 10.0 Å². The molecule has 0 aliphatic heterocycles. The second-order valence-electron chi connectivity index (χ2n) is 5.67. The second-order valence-corrected chi connectivity index (χ2v) is 7.82. The van der Waals surface area contributed by atoms with Crippen LogP contribution in [0.3, 0.4) is 0 Å². The van der Waals surface area contributed by atoms with Gasteiger partial charge in [0.1, 0.15) is 5.52 Å². The van der Waals surface area contributed by atoms with Crippen LogP contribution in [0.5, 0.6) is 0 Å². The third-order valence-electron chi connectivity index (χ3n) is 3.52. The normalized spacial score (nSPS) is 11.5. The zero-order valence-electron chi connectivity index (χ0n) is 14.0. The summed E-state index contributed by atoms with van der Waals surface area (Å²) in [7, 11) is -3.51. The fourth-order valence-corrected chi connectivity index (χ4v) is 3.14. The van der Waals surface area contributed by atoms with Gasteiger partial charge in [-0.05, 0) is 36.4 Å². The number of amides is 1. The number of hydrogen-bond donors (Lipinski definition) is 2. The Bertz CT molecular complexity index is 1090. The average molecular weight is 394 g/mol. The molecular weight excluding hydrogens is 378 g/mol. The van der Waals surface area contributed by atoms with Crippen molar-refractivity contribution in [2.24, 2.45) is 0 Å². The predicted octanol–water partition coefficient (Wildman–Crippen LogP) is 3.67. The van der Waals surface area contributed by atoms with E-state index in [1.807, 2.05) is 6.92 Å². The van der Waals surface area contributed by atoms with Crippen molar-refractivity contribution in [1.29, 1.82) is 0 Å². The van der Waals surface area contributed by atoms with Crippen molar-refractivity contribution in [1.82, 2.24) is 4.98 Å². The molecular formula is C17H16ClN3O4S. The topological polar surface area (TPSA) is 101 Å². The van der Waals surface area contributed by atoms with E-state index in [2.05, 4.69) is 15.0 Å². The van der Waals surface area contributed by atoms with Crippen LogP contribution in [0.1, 0.15) is 23.2 Å². The van der Waals surface area contributed by atoms with Gasteiger partial charge in [-0.25, -0.2) is 13.4 Å². The van der Waals surface area contributed by atoms with Crippen molar-refractivity contribution >= 4 is 50.0 Å². The molecule has 3 aromatic rings. The summed E-state index contributed by atoms with van der Waals surface area (Å²) in [6, 6.07) is 9.49. The van der Waals surface area contributed by atoms with Crippen LogP contribution in [0.25, 0.3) is 11.1 Å². The summed E-state index contributed by atoms with van der Waals surface area (Å²) in [5, 5.41) is 2.94. The molecule has 0 aliphatic carbocycles. The molecule has 0 unspecified atom stereocenters. The standard InChI is InChI=1S/C17H16ClN3O4S/c1-3-16-20-14-9-11(5-7-15(14)25-16)19-17(22)10-4-6-12(18)13(8-10)21-26(2,23)24/h4-9,21H,3H2,1-2H3,(H,19,22). The van der Waals surface area contributed by atoms with Gasteiger partial charge in [-0.15, -0.1) is 0 Å². The van der Waals surface area contributed by atoms with E-state index in [-0.39, 0.29) is 16.3 Å². The second kappa shape index (κ2) is 6.97. The van der Waals surface area contributed by atoms with E-state index in [4.69, 9.17) is 16.0 Å². The number of oxazole rings is 1.